The van der Waals surface area contributed by atoms with Gasteiger partial charge in [0.15, 0.2) is 17.3 Å². The van der Waals surface area contributed by atoms with Gasteiger partial charge in [-0.05, 0) is 57.5 Å². The lowest BCUT2D eigenvalue weighted by molar-refractivity contribution is -0.123. The average Bonchev–Trinajstić information content (AvgIpc) is 3.19. The van der Waals surface area contributed by atoms with Crippen molar-refractivity contribution in [3.05, 3.63) is 100.0 Å². The molecule has 0 saturated carbocycles. The molecule has 0 radical (unpaired) electrons. The molecular formula is C31H27NO7. The summed E-state index contributed by atoms with van der Waals surface area (Å²) in [7, 11) is 0. The Morgan fingerprint density at radius 2 is 1.69 bits per heavy atom. The van der Waals surface area contributed by atoms with Crippen molar-refractivity contribution in [2.75, 3.05) is 0 Å². The van der Waals surface area contributed by atoms with Crippen LogP contribution in [-0.4, -0.2) is 27.6 Å². The minimum atomic E-state index is -1.56. The second kappa shape index (κ2) is 9.47. The average molecular weight is 526 g/mol. The van der Waals surface area contributed by atoms with E-state index in [1.807, 2.05) is 54.6 Å². The first-order valence-corrected chi connectivity index (χ1v) is 12.4. The highest BCUT2D eigenvalue weighted by Crippen LogP contribution is 2.57. The van der Waals surface area contributed by atoms with E-state index in [0.717, 1.165) is 5.56 Å². The summed E-state index contributed by atoms with van der Waals surface area (Å²) in [6.45, 7) is 6.18. The molecular weight excluding hydrogens is 498 g/mol. The Bertz CT molecular complexity index is 1620. The van der Waals surface area contributed by atoms with Crippen molar-refractivity contribution in [1.29, 1.82) is 0 Å². The molecule has 5 rings (SSSR count). The molecule has 3 N–H and O–H groups in total. The number of hydrogen-bond donors (Lipinski definition) is 3. The fraction of sp³-hybridized carbons (Fsp3) is 0.194. The van der Waals surface area contributed by atoms with Crippen LogP contribution in [0.5, 0.6) is 28.7 Å². The van der Waals surface area contributed by atoms with Gasteiger partial charge in [-0.25, -0.2) is 0 Å². The standard InChI is InChI=1S/C31H27NO7/c1-16-27(35)25(18(3)33)29-26(28(16)36)31(4)23(39-29)14-22(34)24(30(31)37)17(2)32-15-19-9-8-12-21(13-19)38-20-10-6-5-7-11-20/h5-14,32,35-36H,15H2,1-4H3. The van der Waals surface area contributed by atoms with Gasteiger partial charge >= 0.3 is 0 Å². The van der Waals surface area contributed by atoms with Crippen LogP contribution in [0.3, 0.4) is 0 Å². The smallest absolute Gasteiger partial charge is 0.194 e. The van der Waals surface area contributed by atoms with Crippen LogP contribution < -0.4 is 14.8 Å². The third-order valence-corrected chi connectivity index (χ3v) is 7.19. The van der Waals surface area contributed by atoms with Crippen molar-refractivity contribution in [2.24, 2.45) is 0 Å². The van der Waals surface area contributed by atoms with Gasteiger partial charge in [0.2, 0.25) is 0 Å². The summed E-state index contributed by atoms with van der Waals surface area (Å²) in [6.07, 6.45) is 1.20. The fourth-order valence-electron chi connectivity index (χ4n) is 5.03. The number of phenols is 2. The summed E-state index contributed by atoms with van der Waals surface area (Å²) in [6, 6.07) is 16.8. The van der Waals surface area contributed by atoms with Gasteiger partial charge in [-0.1, -0.05) is 30.3 Å². The summed E-state index contributed by atoms with van der Waals surface area (Å²) in [5.41, 5.74) is -0.455. The zero-order valence-electron chi connectivity index (χ0n) is 21.9. The van der Waals surface area contributed by atoms with Crippen LogP contribution in [0, 0.1) is 6.92 Å². The SMILES string of the molecule is CC(=O)c1c(O)c(C)c(O)c2c1OC1=CC(=O)C(=C(C)NCc3cccc(Oc4ccccc4)c3)C(=O)C12C. The first-order chi connectivity index (χ1) is 18.5. The molecule has 0 spiro atoms. The third-order valence-electron chi connectivity index (χ3n) is 7.19. The maximum atomic E-state index is 13.9. The number of fused-ring (bicyclic) bond motifs is 3. The van der Waals surface area contributed by atoms with Crippen LogP contribution in [0.2, 0.25) is 0 Å². The van der Waals surface area contributed by atoms with E-state index < -0.39 is 28.5 Å². The van der Waals surface area contributed by atoms with Crippen LogP contribution in [0.4, 0.5) is 0 Å². The van der Waals surface area contributed by atoms with Gasteiger partial charge in [-0.2, -0.15) is 0 Å². The molecule has 3 aromatic rings. The number of para-hydroxylation sites is 1. The fourth-order valence-corrected chi connectivity index (χ4v) is 5.03. The maximum absolute atomic E-state index is 13.9. The number of rotatable bonds is 6. The van der Waals surface area contributed by atoms with Crippen molar-refractivity contribution >= 4 is 17.3 Å². The van der Waals surface area contributed by atoms with E-state index >= 15 is 0 Å². The molecule has 39 heavy (non-hydrogen) atoms. The van der Waals surface area contributed by atoms with Gasteiger partial charge in [0.05, 0.1) is 11.1 Å². The lowest BCUT2D eigenvalue weighted by Gasteiger charge is -2.29. The largest absolute Gasteiger partial charge is 0.507 e. The Morgan fingerprint density at radius 1 is 1.00 bits per heavy atom. The number of ether oxygens (including phenoxy) is 2. The zero-order valence-corrected chi connectivity index (χ0v) is 21.9. The van der Waals surface area contributed by atoms with Gasteiger partial charge in [0.25, 0.3) is 0 Å². The molecule has 0 amide bonds. The van der Waals surface area contributed by atoms with Crippen LogP contribution in [0.1, 0.15) is 47.8 Å². The van der Waals surface area contributed by atoms with E-state index in [2.05, 4.69) is 5.32 Å². The number of hydrogen-bond acceptors (Lipinski definition) is 8. The van der Waals surface area contributed by atoms with Crippen LogP contribution in [0.25, 0.3) is 0 Å². The maximum Gasteiger partial charge on any atom is 0.194 e. The molecule has 3 aromatic carbocycles. The minimum absolute atomic E-state index is 0.00221. The number of benzene rings is 3. The summed E-state index contributed by atoms with van der Waals surface area (Å²) in [5, 5.41) is 24.6. The topological polar surface area (TPSA) is 122 Å². The first kappa shape index (κ1) is 25.8. The van der Waals surface area contributed by atoms with E-state index in [0.29, 0.717) is 23.7 Å². The number of carbonyl (C=O) groups is 3. The molecule has 1 aliphatic heterocycles. The normalized spacial score (nSPS) is 19.0. The van der Waals surface area contributed by atoms with E-state index in [1.54, 1.807) is 6.92 Å². The number of phenolic OH excluding ortho intramolecular Hbond substituents is 2. The number of allylic oxidation sites excluding steroid dienone is 4. The van der Waals surface area contributed by atoms with E-state index in [1.165, 1.54) is 26.8 Å². The Balaban J connectivity index is 1.47. The van der Waals surface area contributed by atoms with Gasteiger partial charge in [-0.3, -0.25) is 14.4 Å². The summed E-state index contributed by atoms with van der Waals surface area (Å²) >= 11 is 0. The summed E-state index contributed by atoms with van der Waals surface area (Å²) < 4.78 is 11.7. The Hall–Kier alpha value is -4.85. The molecule has 0 aromatic heterocycles. The number of ketones is 3. The van der Waals surface area contributed by atoms with Crippen molar-refractivity contribution < 1.29 is 34.1 Å². The predicted molar refractivity (Wildman–Crippen MR) is 143 cm³/mol. The molecule has 0 saturated heterocycles. The predicted octanol–water partition coefficient (Wildman–Crippen LogP) is 5.15. The lowest BCUT2D eigenvalue weighted by atomic mass is 9.70. The van der Waals surface area contributed by atoms with Crippen LogP contribution in [0.15, 0.2) is 77.7 Å². The summed E-state index contributed by atoms with van der Waals surface area (Å²) in [4.78, 5) is 39.4. The first-order valence-electron chi connectivity index (χ1n) is 12.4. The van der Waals surface area contributed by atoms with Crippen LogP contribution >= 0.6 is 0 Å². The van der Waals surface area contributed by atoms with Crippen molar-refractivity contribution in [1.82, 2.24) is 5.32 Å². The van der Waals surface area contributed by atoms with Crippen molar-refractivity contribution in [2.45, 2.75) is 39.7 Å². The molecule has 1 unspecified atom stereocenters. The van der Waals surface area contributed by atoms with E-state index in [9.17, 15) is 24.6 Å². The van der Waals surface area contributed by atoms with Crippen molar-refractivity contribution in [3.63, 3.8) is 0 Å². The number of nitrogens with one attached hydrogen (secondary N) is 1. The quantitative estimate of drug-likeness (QED) is 0.229. The highest BCUT2D eigenvalue weighted by molar-refractivity contribution is 6.31. The van der Waals surface area contributed by atoms with Gasteiger partial charge in [0.1, 0.15) is 45.5 Å². The van der Waals surface area contributed by atoms with Gasteiger partial charge in [-0.15, -0.1) is 0 Å². The Labute approximate surface area is 225 Å². The molecule has 8 heteroatoms. The molecule has 1 aliphatic carbocycles. The van der Waals surface area contributed by atoms with Gasteiger partial charge in [0, 0.05) is 23.9 Å². The molecule has 2 aliphatic rings. The minimum Gasteiger partial charge on any atom is -0.507 e. The number of aromatic hydroxyl groups is 2. The zero-order chi connectivity index (χ0) is 28.1. The van der Waals surface area contributed by atoms with Crippen molar-refractivity contribution in [3.8, 4) is 28.7 Å². The van der Waals surface area contributed by atoms with E-state index in [-0.39, 0.29) is 39.5 Å². The number of carbonyl (C=O) groups excluding carboxylic acids is 3. The molecule has 0 fully saturated rings. The Kier molecular flexibility index (Phi) is 6.26. The lowest BCUT2D eigenvalue weighted by Crippen LogP contribution is -2.41. The highest BCUT2D eigenvalue weighted by Gasteiger charge is 2.56. The molecule has 8 nitrogen and oxygen atoms in total. The van der Waals surface area contributed by atoms with Crippen LogP contribution in [-0.2, 0) is 21.5 Å². The summed E-state index contributed by atoms with van der Waals surface area (Å²) in [5.74, 6) is -1.19. The third kappa shape index (κ3) is 4.14. The number of Topliss-reactive ketones (excluding diaryl/α,β-unsaturated/α-hetero) is 2. The van der Waals surface area contributed by atoms with Gasteiger partial charge < -0.3 is 25.0 Å². The molecule has 1 atom stereocenters. The Morgan fingerprint density at radius 3 is 2.38 bits per heavy atom. The highest BCUT2D eigenvalue weighted by atomic mass is 16.5. The molecule has 1 heterocycles. The molecule has 198 valence electrons. The van der Waals surface area contributed by atoms with E-state index in [4.69, 9.17) is 9.47 Å². The molecule has 0 bridgehead atoms. The monoisotopic (exact) mass is 525 g/mol. The second-order valence-electron chi connectivity index (χ2n) is 9.80. The second-order valence-corrected chi connectivity index (χ2v) is 9.80.